The van der Waals surface area contributed by atoms with Gasteiger partial charge in [0.2, 0.25) is 21.8 Å². The fraction of sp³-hybridized carbons (Fsp3) is 0.489. The molecule has 0 unspecified atom stereocenters. The summed E-state index contributed by atoms with van der Waals surface area (Å²) in [6.07, 6.45) is 13.3. The molecular weight excluding hydrogens is 759 g/mol. The highest BCUT2D eigenvalue weighted by molar-refractivity contribution is 7.90. The molecule has 2 amide bonds. The van der Waals surface area contributed by atoms with Crippen molar-refractivity contribution in [3.05, 3.63) is 72.3 Å². The number of methoxy groups -OCH3 is 1. The Kier molecular flexibility index (Phi) is 11.4. The quantitative estimate of drug-likeness (QED) is 0.217. The zero-order chi connectivity index (χ0) is 40.4. The van der Waals surface area contributed by atoms with E-state index in [2.05, 4.69) is 4.72 Å². The average molecular weight is 810 g/mol. The minimum Gasteiger partial charge on any atom is -0.496 e. The number of aromatic nitrogens is 1. The van der Waals surface area contributed by atoms with Gasteiger partial charge in [-0.15, -0.1) is 0 Å². The third-order valence-corrected chi connectivity index (χ3v) is 14.1. The van der Waals surface area contributed by atoms with Gasteiger partial charge in [0.05, 0.1) is 54.6 Å². The van der Waals surface area contributed by atoms with Crippen molar-refractivity contribution in [2.24, 2.45) is 17.3 Å². The van der Waals surface area contributed by atoms with Crippen LogP contribution in [0.2, 0.25) is 0 Å². The number of benzene rings is 2. The third kappa shape index (κ3) is 8.55. The number of Topliss-reactive ketones (excluding diaryl/α,β-unsaturated/α-hetero) is 1. The van der Waals surface area contributed by atoms with Crippen molar-refractivity contribution in [1.82, 2.24) is 14.6 Å². The van der Waals surface area contributed by atoms with E-state index in [1.54, 1.807) is 12.0 Å². The van der Waals surface area contributed by atoms with E-state index >= 15 is 0 Å². The van der Waals surface area contributed by atoms with Crippen molar-refractivity contribution in [2.45, 2.75) is 101 Å². The number of ether oxygens (including phenoxy) is 3. The maximum atomic E-state index is 14.7. The molecule has 2 aromatic carbocycles. The van der Waals surface area contributed by atoms with E-state index in [0.29, 0.717) is 67.7 Å². The minimum absolute atomic E-state index is 0.0762. The summed E-state index contributed by atoms with van der Waals surface area (Å²) in [6.45, 7) is 0.275. The molecule has 1 N–H and O–H groups in total. The molecule has 2 aliphatic carbocycles. The van der Waals surface area contributed by atoms with E-state index in [9.17, 15) is 27.6 Å². The molecule has 5 atom stereocenters. The monoisotopic (exact) mass is 809 g/mol. The van der Waals surface area contributed by atoms with Crippen LogP contribution in [0.4, 0.5) is 0 Å². The van der Waals surface area contributed by atoms with Gasteiger partial charge in [0.15, 0.2) is 5.78 Å². The normalized spacial score (nSPS) is 28.2. The molecule has 306 valence electrons. The number of rotatable bonds is 5. The Morgan fingerprint density at radius 1 is 0.983 bits per heavy atom. The van der Waals surface area contributed by atoms with Crippen molar-refractivity contribution in [1.29, 1.82) is 0 Å². The number of nitrogens with one attached hydrogen (secondary N) is 1. The number of fused-ring (bicyclic) bond motifs is 4. The Labute approximate surface area is 339 Å². The molecular formula is C45H51N3O9S. The van der Waals surface area contributed by atoms with E-state index in [0.717, 1.165) is 35.8 Å². The van der Waals surface area contributed by atoms with Crippen molar-refractivity contribution >= 4 is 50.6 Å². The molecule has 3 aliphatic heterocycles. The van der Waals surface area contributed by atoms with Gasteiger partial charge in [-0.3, -0.25) is 23.9 Å². The molecule has 4 heterocycles. The fourth-order valence-electron chi connectivity index (χ4n) is 8.76. The lowest BCUT2D eigenvalue weighted by Gasteiger charge is -2.29. The summed E-state index contributed by atoms with van der Waals surface area (Å²) in [7, 11) is -2.25. The highest BCUT2D eigenvalue weighted by Crippen LogP contribution is 2.57. The molecule has 1 saturated heterocycles. The van der Waals surface area contributed by atoms with Crippen molar-refractivity contribution in [3.8, 4) is 22.8 Å². The number of nitrogens with zero attached hydrogens (tertiary/aromatic N) is 2. The van der Waals surface area contributed by atoms with Gasteiger partial charge in [0, 0.05) is 47.4 Å². The number of cyclic esters (lactones) is 1. The molecule has 12 nitrogen and oxygen atoms in total. The van der Waals surface area contributed by atoms with E-state index in [4.69, 9.17) is 19.2 Å². The molecule has 1 aromatic heterocycles. The first-order chi connectivity index (χ1) is 28.0. The van der Waals surface area contributed by atoms with E-state index in [1.807, 2.05) is 72.8 Å². The summed E-state index contributed by atoms with van der Waals surface area (Å²) in [4.78, 5) is 63.1. The summed E-state index contributed by atoms with van der Waals surface area (Å²) in [5, 5.41) is 0.136. The Bertz CT molecular complexity index is 2250. The predicted molar refractivity (Wildman–Crippen MR) is 218 cm³/mol. The van der Waals surface area contributed by atoms with Gasteiger partial charge in [-0.2, -0.15) is 0 Å². The fourth-order valence-corrected chi connectivity index (χ4v) is 10.1. The average Bonchev–Trinajstić information content (AvgIpc) is 4.14. The van der Waals surface area contributed by atoms with Crippen LogP contribution < -0.4 is 14.2 Å². The highest BCUT2D eigenvalue weighted by Gasteiger charge is 2.61. The summed E-state index contributed by atoms with van der Waals surface area (Å²) in [5.41, 5.74) is 1.77. The Morgan fingerprint density at radius 3 is 2.59 bits per heavy atom. The second kappa shape index (κ2) is 16.7. The summed E-state index contributed by atoms with van der Waals surface area (Å²) >= 11 is 0. The first kappa shape index (κ1) is 39.8. The number of hydrogen-bond acceptors (Lipinski definition) is 10. The maximum Gasteiger partial charge on any atom is 0.306 e. The number of allylic oxidation sites excluding steroid dienone is 3. The van der Waals surface area contributed by atoms with Gasteiger partial charge in [0.1, 0.15) is 17.6 Å². The zero-order valence-electron chi connectivity index (χ0n) is 32.9. The largest absolute Gasteiger partial charge is 0.496 e. The third-order valence-electron chi connectivity index (χ3n) is 12.3. The Hall–Kier alpha value is -5.04. The molecule has 2 saturated carbocycles. The Morgan fingerprint density at radius 2 is 1.79 bits per heavy atom. The Balaban J connectivity index is 1.19. The zero-order valence-corrected chi connectivity index (χ0v) is 33.7. The van der Waals surface area contributed by atoms with Crippen LogP contribution >= 0.6 is 0 Å². The number of esters is 1. The summed E-state index contributed by atoms with van der Waals surface area (Å²) in [6, 6.07) is 14.5. The first-order valence-corrected chi connectivity index (χ1v) is 22.2. The summed E-state index contributed by atoms with van der Waals surface area (Å²) < 4.78 is 46.5. The first-order valence-electron chi connectivity index (χ1n) is 20.7. The van der Waals surface area contributed by atoms with Crippen LogP contribution in [0, 0.1) is 17.3 Å². The van der Waals surface area contributed by atoms with Crippen LogP contribution in [-0.2, 0) is 33.9 Å². The summed E-state index contributed by atoms with van der Waals surface area (Å²) in [5.74, 6) is -1.65. The molecule has 0 spiro atoms. The number of ketones is 1. The molecule has 8 rings (SSSR count). The molecule has 58 heavy (non-hydrogen) atoms. The van der Waals surface area contributed by atoms with Gasteiger partial charge in [-0.25, -0.2) is 13.4 Å². The molecule has 13 heteroatoms. The standard InChI is InChI=1S/C45H51N3O9S/c1-55-40-25-37-35-21-30(40)15-10-6-12-20-56-42(50)22-31-16-7-3-2-4-11-17-32-26-45(32,44(52)47-58(53,54)34-18-19-34)27-39(49)38-23-33(28-48(38)43(31)51)57-41(35)24-36(46-37)29-13-8-5-9-14-29/h5,8-11,13-15,17,21,24-25,31-34,38H,2-4,6-7,12,16,18-20,22-23,26-28H2,1H3,(H,47,52)/b15-10+,17-11-/t31-,32-,33-,38+,45-/m1/s1. The van der Waals surface area contributed by atoms with Gasteiger partial charge >= 0.3 is 5.97 Å². The predicted octanol–water partition coefficient (Wildman–Crippen LogP) is 6.71. The second-order valence-electron chi connectivity index (χ2n) is 16.5. The lowest BCUT2D eigenvalue weighted by molar-refractivity contribution is -0.150. The van der Waals surface area contributed by atoms with Crippen LogP contribution in [0.3, 0.4) is 0 Å². The number of carbonyl (C=O) groups excluding carboxylic acids is 4. The van der Waals surface area contributed by atoms with Crippen LogP contribution in [0.5, 0.6) is 11.5 Å². The number of amides is 2. The topological polar surface area (TPSA) is 158 Å². The van der Waals surface area contributed by atoms with Gasteiger partial charge in [0.25, 0.3) is 0 Å². The lowest BCUT2D eigenvalue weighted by atomic mass is 9.90. The number of hydrogen-bond donors (Lipinski definition) is 1. The molecule has 5 bridgehead atoms. The molecule has 0 radical (unpaired) electrons. The number of carbonyl (C=O) groups is 4. The number of pyridine rings is 1. The lowest BCUT2D eigenvalue weighted by Crippen LogP contribution is -2.46. The number of sulfonamides is 1. The maximum absolute atomic E-state index is 14.7. The van der Waals surface area contributed by atoms with Crippen LogP contribution in [0.1, 0.15) is 89.0 Å². The van der Waals surface area contributed by atoms with Gasteiger partial charge in [-0.05, 0) is 63.4 Å². The highest BCUT2D eigenvalue weighted by atomic mass is 32.2. The van der Waals surface area contributed by atoms with Crippen LogP contribution in [-0.4, -0.2) is 79.5 Å². The smallest absolute Gasteiger partial charge is 0.306 e. The van der Waals surface area contributed by atoms with Crippen molar-refractivity contribution in [3.63, 3.8) is 0 Å². The van der Waals surface area contributed by atoms with Gasteiger partial charge < -0.3 is 19.1 Å². The van der Waals surface area contributed by atoms with Crippen LogP contribution in [0.15, 0.2) is 66.8 Å². The molecule has 3 fully saturated rings. The minimum atomic E-state index is -3.85. The van der Waals surface area contributed by atoms with E-state index in [1.165, 1.54) is 0 Å². The van der Waals surface area contributed by atoms with Gasteiger partial charge in [-0.1, -0.05) is 67.5 Å². The van der Waals surface area contributed by atoms with E-state index < -0.39 is 50.6 Å². The molecule has 3 aromatic rings. The van der Waals surface area contributed by atoms with Crippen LogP contribution in [0.25, 0.3) is 28.2 Å². The van der Waals surface area contributed by atoms with Crippen molar-refractivity contribution < 1.29 is 41.8 Å². The SMILES string of the molecule is COc1cc2nc(-c3ccccc3)cc3c2cc1/C=C/CCCOC(=O)C[C@H]1CCCCC/C=C\[C@@H]2C[C@@]2(C(=O)NS(=O)(=O)C2CC2)CC(=O)[C@@H]2C[C@H](CN2C1=O)O3. The van der Waals surface area contributed by atoms with Crippen molar-refractivity contribution in [2.75, 3.05) is 20.3 Å². The molecule has 5 aliphatic rings. The van der Waals surface area contributed by atoms with E-state index in [-0.39, 0.29) is 50.0 Å². The second-order valence-corrected chi connectivity index (χ2v) is 18.4.